The maximum Gasteiger partial charge on any atom is 0.212 e. The monoisotopic (exact) mass is 221 g/mol. The Labute approximate surface area is 96.4 Å². The number of nitrogens with two attached hydrogens (primary N) is 1. The van der Waals surface area contributed by atoms with E-state index in [1.54, 1.807) is 7.11 Å². The van der Waals surface area contributed by atoms with Crippen LogP contribution in [0.5, 0.6) is 5.88 Å². The molecule has 0 bridgehead atoms. The lowest BCUT2D eigenvalue weighted by molar-refractivity contribution is 0.201. The molecular formula is C12H19N3O. The van der Waals surface area contributed by atoms with Crippen molar-refractivity contribution in [3.63, 3.8) is 0 Å². The predicted octanol–water partition coefficient (Wildman–Crippen LogP) is 1.01. The van der Waals surface area contributed by atoms with Crippen molar-refractivity contribution in [2.75, 3.05) is 20.2 Å². The van der Waals surface area contributed by atoms with Gasteiger partial charge in [-0.1, -0.05) is 6.07 Å². The van der Waals surface area contributed by atoms with Crippen LogP contribution in [0.2, 0.25) is 0 Å². The molecule has 0 aromatic carbocycles. The zero-order valence-electron chi connectivity index (χ0n) is 9.72. The predicted molar refractivity (Wildman–Crippen MR) is 63.3 cm³/mol. The summed E-state index contributed by atoms with van der Waals surface area (Å²) in [5.74, 6) is 0.666. The van der Waals surface area contributed by atoms with Gasteiger partial charge >= 0.3 is 0 Å². The van der Waals surface area contributed by atoms with Crippen molar-refractivity contribution in [3.8, 4) is 5.88 Å². The molecule has 0 spiro atoms. The van der Waals surface area contributed by atoms with Gasteiger partial charge in [-0.3, -0.25) is 4.90 Å². The molecule has 0 amide bonds. The van der Waals surface area contributed by atoms with Crippen LogP contribution >= 0.6 is 0 Å². The van der Waals surface area contributed by atoms with Gasteiger partial charge in [-0.2, -0.15) is 0 Å². The molecule has 1 fully saturated rings. The van der Waals surface area contributed by atoms with Crippen LogP contribution < -0.4 is 10.5 Å². The van der Waals surface area contributed by atoms with Gasteiger partial charge in [0.1, 0.15) is 0 Å². The zero-order chi connectivity index (χ0) is 11.4. The van der Waals surface area contributed by atoms with Crippen LogP contribution in [0.4, 0.5) is 0 Å². The largest absolute Gasteiger partial charge is 0.481 e. The summed E-state index contributed by atoms with van der Waals surface area (Å²) in [5.41, 5.74) is 7.16. The fourth-order valence-electron chi connectivity index (χ4n) is 2.12. The number of ether oxygens (including phenoxy) is 1. The van der Waals surface area contributed by atoms with Crippen LogP contribution in [0.3, 0.4) is 0 Å². The van der Waals surface area contributed by atoms with Crippen LogP contribution in [0.15, 0.2) is 18.3 Å². The first-order valence-electron chi connectivity index (χ1n) is 5.75. The normalized spacial score (nSPS) is 22.0. The van der Waals surface area contributed by atoms with Gasteiger partial charge in [0, 0.05) is 31.4 Å². The van der Waals surface area contributed by atoms with Gasteiger partial charge in [0.15, 0.2) is 0 Å². The summed E-state index contributed by atoms with van der Waals surface area (Å²) in [4.78, 5) is 6.59. The molecule has 0 aliphatic carbocycles. The smallest absolute Gasteiger partial charge is 0.212 e. The minimum atomic E-state index is 0.333. The SMILES string of the molecule is COc1ccc(CN2CCC[C@@H](N)C2)cn1. The average molecular weight is 221 g/mol. The standard InChI is InChI=1S/C12H19N3O/c1-16-12-5-4-10(7-14-12)8-15-6-2-3-11(13)9-15/h4-5,7,11H,2-3,6,8-9,13H2,1H3/t11-/m1/s1. The van der Waals surface area contributed by atoms with Crippen LogP contribution in [-0.4, -0.2) is 36.1 Å². The van der Waals surface area contributed by atoms with E-state index in [-0.39, 0.29) is 0 Å². The number of hydrogen-bond acceptors (Lipinski definition) is 4. The summed E-state index contributed by atoms with van der Waals surface area (Å²) in [7, 11) is 1.63. The number of aromatic nitrogens is 1. The van der Waals surface area contributed by atoms with E-state index in [2.05, 4.69) is 16.0 Å². The Balaban J connectivity index is 1.92. The summed E-state index contributed by atoms with van der Waals surface area (Å²) in [5, 5.41) is 0. The lowest BCUT2D eigenvalue weighted by atomic mass is 10.1. The van der Waals surface area contributed by atoms with E-state index in [0.717, 1.165) is 26.1 Å². The fraction of sp³-hybridized carbons (Fsp3) is 0.583. The molecule has 2 N–H and O–H groups in total. The number of hydrogen-bond donors (Lipinski definition) is 1. The van der Waals surface area contributed by atoms with E-state index in [9.17, 15) is 0 Å². The summed E-state index contributed by atoms with van der Waals surface area (Å²) in [6, 6.07) is 4.30. The third kappa shape index (κ3) is 2.93. The molecule has 1 atom stereocenters. The van der Waals surface area contributed by atoms with Crippen LogP contribution in [0.25, 0.3) is 0 Å². The maximum atomic E-state index is 5.95. The van der Waals surface area contributed by atoms with E-state index in [1.165, 1.54) is 12.0 Å². The molecule has 1 saturated heterocycles. The topological polar surface area (TPSA) is 51.4 Å². The highest BCUT2D eigenvalue weighted by Crippen LogP contribution is 2.13. The van der Waals surface area contributed by atoms with Crippen LogP contribution in [0.1, 0.15) is 18.4 Å². The van der Waals surface area contributed by atoms with Crippen molar-refractivity contribution in [1.82, 2.24) is 9.88 Å². The van der Waals surface area contributed by atoms with Gasteiger partial charge in [0.05, 0.1) is 7.11 Å². The van der Waals surface area contributed by atoms with Gasteiger partial charge in [-0.15, -0.1) is 0 Å². The van der Waals surface area contributed by atoms with E-state index in [4.69, 9.17) is 10.5 Å². The highest BCUT2D eigenvalue weighted by Gasteiger charge is 2.16. The van der Waals surface area contributed by atoms with Gasteiger partial charge < -0.3 is 10.5 Å². The molecule has 16 heavy (non-hydrogen) atoms. The Hall–Kier alpha value is -1.13. The second kappa shape index (κ2) is 5.27. The summed E-state index contributed by atoms with van der Waals surface area (Å²) >= 11 is 0. The summed E-state index contributed by atoms with van der Waals surface area (Å²) < 4.78 is 5.03. The van der Waals surface area contributed by atoms with Gasteiger partial charge in [0.2, 0.25) is 5.88 Å². The van der Waals surface area contributed by atoms with Crippen molar-refractivity contribution in [2.45, 2.75) is 25.4 Å². The molecule has 2 heterocycles. The van der Waals surface area contributed by atoms with Crippen molar-refractivity contribution in [1.29, 1.82) is 0 Å². The summed E-state index contributed by atoms with van der Waals surface area (Å²) in [6.07, 6.45) is 4.22. The number of rotatable bonds is 3. The molecule has 0 unspecified atom stereocenters. The van der Waals surface area contributed by atoms with E-state index in [0.29, 0.717) is 11.9 Å². The highest BCUT2D eigenvalue weighted by atomic mass is 16.5. The molecule has 1 aliphatic rings. The Kier molecular flexibility index (Phi) is 3.74. The molecular weight excluding hydrogens is 202 g/mol. The molecule has 1 aromatic heterocycles. The Bertz CT molecular complexity index is 326. The lowest BCUT2D eigenvalue weighted by Gasteiger charge is -2.30. The van der Waals surface area contributed by atoms with Crippen molar-refractivity contribution in [3.05, 3.63) is 23.9 Å². The number of likely N-dealkylation sites (tertiary alicyclic amines) is 1. The highest BCUT2D eigenvalue weighted by molar-refractivity contribution is 5.17. The Morgan fingerprint density at radius 3 is 3.06 bits per heavy atom. The van der Waals surface area contributed by atoms with Crippen molar-refractivity contribution in [2.24, 2.45) is 5.73 Å². The van der Waals surface area contributed by atoms with E-state index < -0.39 is 0 Å². The zero-order valence-corrected chi connectivity index (χ0v) is 9.72. The minimum Gasteiger partial charge on any atom is -0.481 e. The second-order valence-corrected chi connectivity index (χ2v) is 4.35. The number of nitrogens with zero attached hydrogens (tertiary/aromatic N) is 2. The molecule has 0 saturated carbocycles. The first-order valence-corrected chi connectivity index (χ1v) is 5.75. The molecule has 4 heteroatoms. The quantitative estimate of drug-likeness (QED) is 0.827. The number of pyridine rings is 1. The van der Waals surface area contributed by atoms with Crippen molar-refractivity contribution >= 4 is 0 Å². The maximum absolute atomic E-state index is 5.95. The minimum absolute atomic E-state index is 0.333. The number of piperidine rings is 1. The first-order chi connectivity index (χ1) is 7.78. The Morgan fingerprint density at radius 1 is 1.56 bits per heavy atom. The average Bonchev–Trinajstić information content (AvgIpc) is 2.30. The molecule has 88 valence electrons. The lowest BCUT2D eigenvalue weighted by Crippen LogP contribution is -2.42. The molecule has 0 radical (unpaired) electrons. The Morgan fingerprint density at radius 2 is 2.44 bits per heavy atom. The number of methoxy groups -OCH3 is 1. The van der Waals surface area contributed by atoms with Crippen LogP contribution in [-0.2, 0) is 6.54 Å². The second-order valence-electron chi connectivity index (χ2n) is 4.35. The molecule has 2 rings (SSSR count). The third-order valence-electron chi connectivity index (χ3n) is 2.95. The van der Waals surface area contributed by atoms with Crippen molar-refractivity contribution < 1.29 is 4.74 Å². The third-order valence-corrected chi connectivity index (χ3v) is 2.95. The van der Waals surface area contributed by atoms with E-state index in [1.807, 2.05) is 12.3 Å². The van der Waals surface area contributed by atoms with Gasteiger partial charge in [-0.25, -0.2) is 4.98 Å². The fourth-order valence-corrected chi connectivity index (χ4v) is 2.12. The first kappa shape index (κ1) is 11.4. The molecule has 4 nitrogen and oxygen atoms in total. The van der Waals surface area contributed by atoms with E-state index >= 15 is 0 Å². The van der Waals surface area contributed by atoms with Crippen LogP contribution in [0, 0.1) is 0 Å². The molecule has 1 aromatic rings. The van der Waals surface area contributed by atoms with Gasteiger partial charge in [0.25, 0.3) is 0 Å². The summed E-state index contributed by atoms with van der Waals surface area (Å²) in [6.45, 7) is 3.07. The van der Waals surface area contributed by atoms with Gasteiger partial charge in [-0.05, 0) is 24.9 Å². The molecule has 1 aliphatic heterocycles.